The number of amides is 2. The Morgan fingerprint density at radius 1 is 1.04 bits per heavy atom. The van der Waals surface area contributed by atoms with Crippen molar-refractivity contribution in [2.24, 2.45) is 0 Å². The first-order valence-corrected chi connectivity index (χ1v) is 8.40. The number of benzene rings is 2. The maximum atomic E-state index is 12.2. The van der Waals surface area contributed by atoms with E-state index in [9.17, 15) is 4.79 Å². The molecular weight excluding hydrogens is 316 g/mol. The average molecular weight is 342 g/mol. The van der Waals surface area contributed by atoms with Gasteiger partial charge in [-0.2, -0.15) is 0 Å². The van der Waals surface area contributed by atoms with Gasteiger partial charge in [-0.15, -0.1) is 0 Å². The number of hydrogen-bond acceptors (Lipinski definition) is 3. The van der Waals surface area contributed by atoms with Crippen LogP contribution in [-0.2, 0) is 6.42 Å². The maximum Gasteiger partial charge on any atom is 0.319 e. The van der Waals surface area contributed by atoms with Gasteiger partial charge in [0.25, 0.3) is 0 Å². The summed E-state index contributed by atoms with van der Waals surface area (Å²) in [6.45, 7) is 4.71. The number of rotatable bonds is 7. The van der Waals surface area contributed by atoms with Crippen LogP contribution in [-0.4, -0.2) is 26.8 Å². The van der Waals surface area contributed by atoms with Gasteiger partial charge < -0.3 is 20.1 Å². The van der Waals surface area contributed by atoms with Gasteiger partial charge in [-0.05, 0) is 35.6 Å². The third kappa shape index (κ3) is 4.89. The van der Waals surface area contributed by atoms with Gasteiger partial charge in [0.05, 0.1) is 14.2 Å². The Bertz CT molecular complexity index is 714. The second kappa shape index (κ2) is 8.97. The molecule has 2 amide bonds. The molecule has 5 heteroatoms. The topological polar surface area (TPSA) is 59.6 Å². The van der Waals surface area contributed by atoms with Crippen LogP contribution in [0.5, 0.6) is 11.5 Å². The molecule has 2 aromatic rings. The summed E-state index contributed by atoms with van der Waals surface area (Å²) in [7, 11) is 3.23. The Morgan fingerprint density at radius 3 is 2.48 bits per heavy atom. The summed E-state index contributed by atoms with van der Waals surface area (Å²) < 4.78 is 10.7. The van der Waals surface area contributed by atoms with E-state index in [0.29, 0.717) is 30.4 Å². The van der Waals surface area contributed by atoms with Crippen LogP contribution in [0.1, 0.15) is 30.9 Å². The normalized spacial score (nSPS) is 10.4. The van der Waals surface area contributed by atoms with E-state index in [4.69, 9.17) is 9.47 Å². The van der Waals surface area contributed by atoms with Crippen molar-refractivity contribution < 1.29 is 14.3 Å². The molecule has 0 saturated heterocycles. The van der Waals surface area contributed by atoms with E-state index in [2.05, 4.69) is 24.5 Å². The number of para-hydroxylation sites is 2. The smallest absolute Gasteiger partial charge is 0.319 e. The monoisotopic (exact) mass is 342 g/mol. The summed E-state index contributed by atoms with van der Waals surface area (Å²) in [6, 6.07) is 13.4. The van der Waals surface area contributed by atoms with Gasteiger partial charge in [0, 0.05) is 12.2 Å². The number of hydrogen-bond donors (Lipinski definition) is 2. The summed E-state index contributed by atoms with van der Waals surface area (Å²) >= 11 is 0. The highest BCUT2D eigenvalue weighted by Gasteiger charge is 2.11. The second-order valence-corrected chi connectivity index (χ2v) is 6.03. The lowest BCUT2D eigenvalue weighted by atomic mass is 10.0. The van der Waals surface area contributed by atoms with Gasteiger partial charge in [0.1, 0.15) is 0 Å². The zero-order valence-electron chi connectivity index (χ0n) is 15.3. The molecule has 0 fully saturated rings. The Morgan fingerprint density at radius 2 is 1.80 bits per heavy atom. The van der Waals surface area contributed by atoms with Crippen LogP contribution in [0, 0.1) is 0 Å². The van der Waals surface area contributed by atoms with Crippen molar-refractivity contribution in [1.29, 1.82) is 0 Å². The first-order chi connectivity index (χ1) is 12.1. The predicted molar refractivity (Wildman–Crippen MR) is 101 cm³/mol. The van der Waals surface area contributed by atoms with Gasteiger partial charge in [-0.3, -0.25) is 0 Å². The Hall–Kier alpha value is -2.69. The molecule has 2 rings (SSSR count). The minimum Gasteiger partial charge on any atom is -0.493 e. The zero-order chi connectivity index (χ0) is 18.2. The molecule has 2 N–H and O–H groups in total. The molecule has 0 bridgehead atoms. The van der Waals surface area contributed by atoms with Crippen molar-refractivity contribution in [2.75, 3.05) is 26.1 Å². The van der Waals surface area contributed by atoms with E-state index in [-0.39, 0.29) is 6.03 Å². The highest BCUT2D eigenvalue weighted by molar-refractivity contribution is 5.90. The van der Waals surface area contributed by atoms with Crippen LogP contribution in [0.4, 0.5) is 10.5 Å². The number of anilines is 1. The van der Waals surface area contributed by atoms with Crippen LogP contribution in [0.15, 0.2) is 42.5 Å². The van der Waals surface area contributed by atoms with E-state index in [1.165, 1.54) is 0 Å². The third-order valence-electron chi connectivity index (χ3n) is 4.00. The van der Waals surface area contributed by atoms with Crippen molar-refractivity contribution in [3.05, 3.63) is 53.6 Å². The van der Waals surface area contributed by atoms with Gasteiger partial charge in [0.2, 0.25) is 0 Å². The second-order valence-electron chi connectivity index (χ2n) is 6.03. The molecule has 0 aliphatic carbocycles. The fourth-order valence-corrected chi connectivity index (χ4v) is 2.74. The number of nitrogens with one attached hydrogen (secondary N) is 2. The molecule has 0 spiro atoms. The lowest BCUT2D eigenvalue weighted by Crippen LogP contribution is -2.30. The molecule has 0 saturated carbocycles. The summed E-state index contributed by atoms with van der Waals surface area (Å²) in [5.41, 5.74) is 2.95. The minimum absolute atomic E-state index is 0.213. The molecule has 0 heterocycles. The summed E-state index contributed by atoms with van der Waals surface area (Å²) in [5.74, 6) is 1.74. The predicted octanol–water partition coefficient (Wildman–Crippen LogP) is 4.19. The molecule has 0 aliphatic rings. The van der Waals surface area contributed by atoms with Crippen molar-refractivity contribution >= 4 is 11.7 Å². The molecule has 2 aromatic carbocycles. The SMILES string of the molecule is COc1cccc(CCNC(=O)Nc2ccccc2C(C)C)c1OC. The van der Waals surface area contributed by atoms with E-state index in [1.54, 1.807) is 14.2 Å². The highest BCUT2D eigenvalue weighted by atomic mass is 16.5. The first-order valence-electron chi connectivity index (χ1n) is 8.40. The summed E-state index contributed by atoms with van der Waals surface area (Å²) in [6.07, 6.45) is 0.652. The van der Waals surface area contributed by atoms with Crippen LogP contribution in [0.2, 0.25) is 0 Å². The van der Waals surface area contributed by atoms with E-state index >= 15 is 0 Å². The molecular formula is C20H26N2O3. The Labute approximate surface area is 149 Å². The number of carbonyl (C=O) groups excluding carboxylic acids is 1. The number of methoxy groups -OCH3 is 2. The molecule has 5 nitrogen and oxygen atoms in total. The Balaban J connectivity index is 1.94. The van der Waals surface area contributed by atoms with Crippen LogP contribution in [0.3, 0.4) is 0 Å². The summed E-state index contributed by atoms with van der Waals surface area (Å²) in [4.78, 5) is 12.2. The molecule has 25 heavy (non-hydrogen) atoms. The van der Waals surface area contributed by atoms with Crippen LogP contribution in [0.25, 0.3) is 0 Å². The molecule has 0 unspecified atom stereocenters. The average Bonchev–Trinajstić information content (AvgIpc) is 2.61. The molecule has 0 radical (unpaired) electrons. The molecule has 0 aliphatic heterocycles. The fourth-order valence-electron chi connectivity index (χ4n) is 2.74. The number of ether oxygens (including phenoxy) is 2. The standard InChI is InChI=1S/C20H26N2O3/c1-14(2)16-9-5-6-10-17(16)22-20(23)21-13-12-15-8-7-11-18(24-3)19(15)25-4/h5-11,14H,12-13H2,1-4H3,(H2,21,22,23). The first kappa shape index (κ1) is 18.6. The van der Waals surface area contributed by atoms with E-state index in [1.807, 2.05) is 42.5 Å². The molecule has 0 aromatic heterocycles. The fraction of sp³-hybridized carbons (Fsp3) is 0.350. The Kier molecular flexibility index (Phi) is 6.69. The number of urea groups is 1. The maximum absolute atomic E-state index is 12.2. The van der Waals surface area contributed by atoms with Crippen molar-refractivity contribution in [1.82, 2.24) is 5.32 Å². The van der Waals surface area contributed by atoms with Crippen molar-refractivity contribution in [3.8, 4) is 11.5 Å². The number of carbonyl (C=O) groups is 1. The summed E-state index contributed by atoms with van der Waals surface area (Å²) in [5, 5.41) is 5.81. The lowest BCUT2D eigenvalue weighted by Gasteiger charge is -2.15. The quantitative estimate of drug-likeness (QED) is 0.793. The van der Waals surface area contributed by atoms with Crippen molar-refractivity contribution in [2.45, 2.75) is 26.2 Å². The van der Waals surface area contributed by atoms with E-state index < -0.39 is 0 Å². The van der Waals surface area contributed by atoms with Gasteiger partial charge in [-0.25, -0.2) is 4.79 Å². The van der Waals surface area contributed by atoms with Gasteiger partial charge in [-0.1, -0.05) is 44.2 Å². The zero-order valence-corrected chi connectivity index (χ0v) is 15.3. The molecule has 134 valence electrons. The third-order valence-corrected chi connectivity index (χ3v) is 4.00. The highest BCUT2D eigenvalue weighted by Crippen LogP contribution is 2.30. The van der Waals surface area contributed by atoms with Crippen LogP contribution >= 0.6 is 0 Å². The van der Waals surface area contributed by atoms with Gasteiger partial charge in [0.15, 0.2) is 11.5 Å². The van der Waals surface area contributed by atoms with Crippen molar-refractivity contribution in [3.63, 3.8) is 0 Å². The molecule has 0 atom stereocenters. The van der Waals surface area contributed by atoms with E-state index in [0.717, 1.165) is 16.8 Å². The largest absolute Gasteiger partial charge is 0.493 e. The minimum atomic E-state index is -0.213. The van der Waals surface area contributed by atoms with Crippen LogP contribution < -0.4 is 20.1 Å². The lowest BCUT2D eigenvalue weighted by molar-refractivity contribution is 0.252. The van der Waals surface area contributed by atoms with Gasteiger partial charge >= 0.3 is 6.03 Å².